The van der Waals surface area contributed by atoms with Crippen LogP contribution < -0.4 is 10.5 Å². The van der Waals surface area contributed by atoms with Crippen LogP contribution in [0.25, 0.3) is 10.6 Å². The van der Waals surface area contributed by atoms with Crippen LogP contribution in [-0.2, 0) is 0 Å². The maximum Gasteiger partial charge on any atom is 0.194 e. The Morgan fingerprint density at radius 2 is 2.07 bits per heavy atom. The van der Waals surface area contributed by atoms with Crippen LogP contribution in [0.4, 0.5) is 5.69 Å². The van der Waals surface area contributed by atoms with Gasteiger partial charge in [-0.1, -0.05) is 11.3 Å². The second-order valence-corrected chi connectivity index (χ2v) is 3.54. The molecule has 0 spiro atoms. The molecule has 0 fully saturated rings. The Morgan fingerprint density at radius 3 is 2.71 bits per heavy atom. The topological polar surface area (TPSA) is 73.9 Å². The van der Waals surface area contributed by atoms with Gasteiger partial charge in [-0.15, -0.1) is 0 Å². The number of aromatic nitrogens is 3. The molecule has 0 saturated heterocycles. The van der Waals surface area contributed by atoms with Gasteiger partial charge in [-0.2, -0.15) is 10.2 Å². The van der Waals surface area contributed by atoms with Gasteiger partial charge in [0.2, 0.25) is 0 Å². The Bertz CT molecular complexity index is 442. The van der Waals surface area contributed by atoms with Gasteiger partial charge in [0.1, 0.15) is 5.01 Å². The van der Waals surface area contributed by atoms with E-state index in [-0.39, 0.29) is 0 Å². The van der Waals surface area contributed by atoms with E-state index >= 15 is 0 Å². The van der Waals surface area contributed by atoms with Gasteiger partial charge in [0.15, 0.2) is 5.06 Å². The molecular weight excluding hydrogens is 200 g/mol. The first-order chi connectivity index (χ1) is 6.81. The summed E-state index contributed by atoms with van der Waals surface area (Å²) >= 11 is 1.42. The highest BCUT2D eigenvalue weighted by Crippen LogP contribution is 2.31. The normalized spacial score (nSPS) is 10.1. The van der Waals surface area contributed by atoms with Crippen molar-refractivity contribution in [3.05, 3.63) is 18.6 Å². The maximum absolute atomic E-state index is 5.73. The van der Waals surface area contributed by atoms with E-state index in [4.69, 9.17) is 10.5 Å². The molecule has 0 aromatic carbocycles. The van der Waals surface area contributed by atoms with Gasteiger partial charge in [-0.05, 0) is 0 Å². The summed E-state index contributed by atoms with van der Waals surface area (Å²) in [7, 11) is 1.60. The van der Waals surface area contributed by atoms with Crippen LogP contribution in [-0.4, -0.2) is 22.3 Å². The summed E-state index contributed by atoms with van der Waals surface area (Å²) in [4.78, 5) is 4.16. The summed E-state index contributed by atoms with van der Waals surface area (Å²) in [6.45, 7) is 0. The maximum atomic E-state index is 5.73. The van der Waals surface area contributed by atoms with Crippen molar-refractivity contribution in [2.45, 2.75) is 0 Å². The molecule has 0 unspecified atom stereocenters. The third kappa shape index (κ3) is 1.51. The van der Waals surface area contributed by atoms with Crippen LogP contribution in [0.3, 0.4) is 0 Å². The van der Waals surface area contributed by atoms with Crippen LogP contribution in [0, 0.1) is 0 Å². The first kappa shape index (κ1) is 8.89. The first-order valence-electron chi connectivity index (χ1n) is 3.87. The number of nitrogen functional groups attached to an aromatic ring is 1. The van der Waals surface area contributed by atoms with Crippen molar-refractivity contribution >= 4 is 17.0 Å². The molecule has 72 valence electrons. The molecular formula is C8H8N4OS. The molecule has 0 aliphatic rings. The van der Waals surface area contributed by atoms with E-state index in [0.717, 1.165) is 15.6 Å². The average molecular weight is 208 g/mol. The molecule has 0 aliphatic heterocycles. The fourth-order valence-corrected chi connectivity index (χ4v) is 1.75. The Hall–Kier alpha value is -1.69. The molecule has 2 N–H and O–H groups in total. The Morgan fingerprint density at radius 1 is 1.29 bits per heavy atom. The lowest BCUT2D eigenvalue weighted by Gasteiger charge is -1.97. The van der Waals surface area contributed by atoms with Gasteiger partial charge < -0.3 is 10.5 Å². The van der Waals surface area contributed by atoms with E-state index in [0.29, 0.717) is 5.69 Å². The molecule has 0 saturated carbocycles. The van der Waals surface area contributed by atoms with Gasteiger partial charge in [-0.25, -0.2) is 4.98 Å². The van der Waals surface area contributed by atoms with Crippen LogP contribution in [0.2, 0.25) is 0 Å². The summed E-state index contributed by atoms with van der Waals surface area (Å²) < 4.78 is 5.04. The molecule has 14 heavy (non-hydrogen) atoms. The molecule has 2 aromatic rings. The number of hydrogen-bond acceptors (Lipinski definition) is 6. The molecule has 0 aliphatic carbocycles. The van der Waals surface area contributed by atoms with Crippen molar-refractivity contribution in [1.29, 1.82) is 0 Å². The van der Waals surface area contributed by atoms with Gasteiger partial charge in [0.05, 0.1) is 37.0 Å². The van der Waals surface area contributed by atoms with Crippen molar-refractivity contribution in [2.24, 2.45) is 0 Å². The molecule has 5 nitrogen and oxygen atoms in total. The fraction of sp³-hybridized carbons (Fsp3) is 0.125. The minimum Gasteiger partial charge on any atom is -0.486 e. The number of methoxy groups -OCH3 is 1. The van der Waals surface area contributed by atoms with E-state index in [9.17, 15) is 0 Å². The molecule has 0 radical (unpaired) electrons. The van der Waals surface area contributed by atoms with Crippen LogP contribution in [0.5, 0.6) is 5.06 Å². The monoisotopic (exact) mass is 208 g/mol. The molecule has 0 bridgehead atoms. The zero-order valence-electron chi connectivity index (χ0n) is 7.47. The predicted molar refractivity (Wildman–Crippen MR) is 54.1 cm³/mol. The largest absolute Gasteiger partial charge is 0.486 e. The van der Waals surface area contributed by atoms with Crippen LogP contribution in [0.1, 0.15) is 0 Å². The third-order valence-electron chi connectivity index (χ3n) is 1.68. The van der Waals surface area contributed by atoms with E-state index in [2.05, 4.69) is 15.2 Å². The minimum atomic E-state index is 0.567. The first-order valence-corrected chi connectivity index (χ1v) is 4.69. The highest BCUT2D eigenvalue weighted by Gasteiger charge is 2.08. The number of nitrogens with zero attached hydrogens (tertiary/aromatic N) is 3. The summed E-state index contributed by atoms with van der Waals surface area (Å²) in [5.41, 5.74) is 7.08. The van der Waals surface area contributed by atoms with E-state index in [1.54, 1.807) is 19.5 Å². The molecule has 2 heterocycles. The SMILES string of the molecule is COc1cnc(-c2cnncc2N)s1. The third-order valence-corrected chi connectivity index (χ3v) is 2.67. The number of anilines is 1. The zero-order valence-corrected chi connectivity index (χ0v) is 8.28. The van der Waals surface area contributed by atoms with Crippen LogP contribution in [0.15, 0.2) is 18.6 Å². The zero-order chi connectivity index (χ0) is 9.97. The van der Waals surface area contributed by atoms with Gasteiger partial charge in [0, 0.05) is 0 Å². The second kappa shape index (κ2) is 3.59. The standard InChI is InChI=1S/C8H8N4OS/c1-13-7-4-10-8(14-7)5-2-11-12-3-6(5)9/h2-4H,1H3,(H2,9,11). The van der Waals surface area contributed by atoms with E-state index in [1.807, 2.05) is 0 Å². The van der Waals surface area contributed by atoms with Gasteiger partial charge in [0.25, 0.3) is 0 Å². The molecule has 2 aromatic heterocycles. The predicted octanol–water partition coefficient (Wildman–Crippen LogP) is 1.19. The molecule has 6 heteroatoms. The van der Waals surface area contributed by atoms with Crippen molar-refractivity contribution in [1.82, 2.24) is 15.2 Å². The Labute approximate surface area is 84.6 Å². The fourth-order valence-electron chi connectivity index (χ4n) is 0.988. The van der Waals surface area contributed by atoms with Crippen molar-refractivity contribution in [2.75, 3.05) is 12.8 Å². The smallest absolute Gasteiger partial charge is 0.194 e. The lowest BCUT2D eigenvalue weighted by Crippen LogP contribution is -1.92. The lowest BCUT2D eigenvalue weighted by atomic mass is 10.3. The van der Waals surface area contributed by atoms with E-state index < -0.39 is 0 Å². The van der Waals surface area contributed by atoms with Gasteiger partial charge >= 0.3 is 0 Å². The summed E-state index contributed by atoms with van der Waals surface area (Å²) in [5.74, 6) is 0. The van der Waals surface area contributed by atoms with Crippen LogP contribution >= 0.6 is 11.3 Å². The number of ether oxygens (including phenoxy) is 1. The number of rotatable bonds is 2. The Kier molecular flexibility index (Phi) is 2.28. The van der Waals surface area contributed by atoms with Crippen molar-refractivity contribution in [3.63, 3.8) is 0 Å². The van der Waals surface area contributed by atoms with Crippen molar-refractivity contribution < 1.29 is 4.74 Å². The van der Waals surface area contributed by atoms with Gasteiger partial charge in [-0.3, -0.25) is 0 Å². The quantitative estimate of drug-likeness (QED) is 0.802. The molecule has 0 atom stereocenters. The second-order valence-electron chi connectivity index (χ2n) is 2.55. The summed E-state index contributed by atoms with van der Waals surface area (Å²) in [5, 5.41) is 8.95. The summed E-state index contributed by atoms with van der Waals surface area (Å²) in [6, 6.07) is 0. The lowest BCUT2D eigenvalue weighted by molar-refractivity contribution is 0.426. The minimum absolute atomic E-state index is 0.567. The molecule has 0 amide bonds. The van der Waals surface area contributed by atoms with Crippen molar-refractivity contribution in [3.8, 4) is 15.6 Å². The highest BCUT2D eigenvalue weighted by atomic mass is 32.1. The molecule has 2 rings (SSSR count). The Balaban J connectivity index is 2.44. The van der Waals surface area contributed by atoms with E-state index in [1.165, 1.54) is 17.5 Å². The number of nitrogens with two attached hydrogens (primary N) is 1. The number of hydrogen-bond donors (Lipinski definition) is 1. The number of thiazole rings is 1. The highest BCUT2D eigenvalue weighted by molar-refractivity contribution is 7.16. The summed E-state index contributed by atoms with van der Waals surface area (Å²) in [6.07, 6.45) is 4.75. The average Bonchev–Trinajstić information content (AvgIpc) is 2.67.